The van der Waals surface area contributed by atoms with Gasteiger partial charge in [0.1, 0.15) is 18.6 Å². The lowest BCUT2D eigenvalue weighted by molar-refractivity contribution is -0.445. The van der Waals surface area contributed by atoms with Crippen LogP contribution in [0.1, 0.15) is 27.2 Å². The molecule has 0 bridgehead atoms. The molecule has 0 saturated carbocycles. The maximum Gasteiger partial charge on any atom is 0.407 e. The number of amides is 3. The van der Waals surface area contributed by atoms with Gasteiger partial charge in [0.25, 0.3) is 0 Å². The van der Waals surface area contributed by atoms with Crippen LogP contribution in [0, 0.1) is 5.21 Å². The number of carbonyl (C=O) groups is 3. The van der Waals surface area contributed by atoms with Gasteiger partial charge in [0.15, 0.2) is 0 Å². The number of sulfonamides is 1. The first kappa shape index (κ1) is 32.5. The van der Waals surface area contributed by atoms with Crippen molar-refractivity contribution in [1.82, 2.24) is 14.1 Å². The number of benzene rings is 2. The lowest BCUT2D eigenvalue weighted by Crippen LogP contribution is -2.53. The summed E-state index contributed by atoms with van der Waals surface area (Å²) in [4.78, 5) is 45.0. The summed E-state index contributed by atoms with van der Waals surface area (Å²) in [6, 6.07) is 6.73. The second-order valence-corrected chi connectivity index (χ2v) is 12.2. The van der Waals surface area contributed by atoms with Crippen molar-refractivity contribution in [3.8, 4) is 0 Å². The van der Waals surface area contributed by atoms with Gasteiger partial charge in [-0.25, -0.2) is 8.42 Å². The van der Waals surface area contributed by atoms with Gasteiger partial charge in [0, 0.05) is 17.6 Å². The monoisotopic (exact) mass is 624 g/mol. The number of hydrogen-bond acceptors (Lipinski definition) is 8. The van der Waals surface area contributed by atoms with Crippen LogP contribution < -0.4 is 11.5 Å². The highest BCUT2D eigenvalue weighted by Crippen LogP contribution is 2.29. The summed E-state index contributed by atoms with van der Waals surface area (Å²) in [6.45, 7) is 4.26. The Hall–Kier alpha value is -4.02. The quantitative estimate of drug-likeness (QED) is 0.107. The first-order chi connectivity index (χ1) is 19.7. The minimum Gasteiger partial charge on any atom is -0.719 e. The first-order valence-electron chi connectivity index (χ1n) is 12.9. The van der Waals surface area contributed by atoms with E-state index in [1.807, 2.05) is 0 Å². The molecule has 3 amide bonds. The van der Waals surface area contributed by atoms with Crippen molar-refractivity contribution in [1.29, 1.82) is 0 Å². The van der Waals surface area contributed by atoms with Crippen LogP contribution in [-0.2, 0) is 24.4 Å². The molecule has 1 aliphatic rings. The van der Waals surface area contributed by atoms with Crippen LogP contribution in [0.4, 0.5) is 0 Å². The number of guanidine groups is 1. The van der Waals surface area contributed by atoms with Gasteiger partial charge in [0.2, 0.25) is 27.7 Å². The van der Waals surface area contributed by atoms with Gasteiger partial charge in [0.05, 0.1) is 23.3 Å². The number of hydrogen-bond donors (Lipinski definition) is 3. The molecule has 2 aromatic rings. The molecule has 17 heteroatoms. The van der Waals surface area contributed by atoms with E-state index in [0.717, 1.165) is 4.31 Å². The second kappa shape index (κ2) is 13.3. The van der Waals surface area contributed by atoms with Gasteiger partial charge < -0.3 is 25.9 Å². The summed E-state index contributed by atoms with van der Waals surface area (Å²) in [5.74, 6) is -2.65. The van der Waals surface area contributed by atoms with E-state index in [2.05, 4.69) is 10.3 Å². The Kier molecular flexibility index (Phi) is 10.3. The van der Waals surface area contributed by atoms with E-state index in [1.54, 1.807) is 38.1 Å². The number of primary amides is 1. The van der Waals surface area contributed by atoms with E-state index < -0.39 is 52.3 Å². The fraction of sp³-hybridized carbons (Fsp3) is 0.440. The molecular weight excluding hydrogens is 592 g/mol. The van der Waals surface area contributed by atoms with Crippen LogP contribution in [0.3, 0.4) is 0 Å². The van der Waals surface area contributed by atoms with Crippen molar-refractivity contribution in [3.63, 3.8) is 0 Å². The fourth-order valence-electron chi connectivity index (χ4n) is 4.72. The van der Waals surface area contributed by atoms with E-state index in [9.17, 15) is 28.0 Å². The van der Waals surface area contributed by atoms with E-state index >= 15 is 0 Å². The van der Waals surface area contributed by atoms with Crippen LogP contribution >= 0.6 is 11.6 Å². The predicted octanol–water partition coefficient (Wildman–Crippen LogP) is 0.862. The highest BCUT2D eigenvalue weighted by atomic mass is 35.5. The Morgan fingerprint density at radius 1 is 1.19 bits per heavy atom. The average Bonchev–Trinajstić information content (AvgIpc) is 3.32. The minimum absolute atomic E-state index is 0.0264. The molecule has 0 aromatic heterocycles. The lowest BCUT2D eigenvalue weighted by atomic mass is 10.1. The normalized spacial score (nSPS) is 17.3. The number of rotatable bonds is 11. The highest BCUT2D eigenvalue weighted by molar-refractivity contribution is 7.89. The number of hydroxylamine groups is 1. The second-order valence-electron chi connectivity index (χ2n) is 9.91. The molecule has 1 aliphatic heterocycles. The smallest absolute Gasteiger partial charge is 0.407 e. The Labute approximate surface area is 247 Å². The van der Waals surface area contributed by atoms with Crippen molar-refractivity contribution in [2.75, 3.05) is 26.2 Å². The van der Waals surface area contributed by atoms with E-state index in [4.69, 9.17) is 28.3 Å². The number of nitrogens with zero attached hydrogens (tertiary/aromatic N) is 6. The van der Waals surface area contributed by atoms with Crippen molar-refractivity contribution in [2.24, 2.45) is 21.7 Å². The molecule has 2 atom stereocenters. The maximum absolute atomic E-state index is 13.7. The molecule has 228 valence electrons. The van der Waals surface area contributed by atoms with Crippen molar-refractivity contribution >= 4 is 56.1 Å². The average molecular weight is 625 g/mol. The first-order valence-corrected chi connectivity index (χ1v) is 14.7. The van der Waals surface area contributed by atoms with Crippen molar-refractivity contribution in [2.45, 2.75) is 50.2 Å². The third-order valence-corrected chi connectivity index (χ3v) is 8.96. The lowest BCUT2D eigenvalue weighted by Gasteiger charge is -2.33. The van der Waals surface area contributed by atoms with Gasteiger partial charge in [-0.3, -0.25) is 20.1 Å². The molecule has 1 saturated heterocycles. The topological polar surface area (TPSA) is 218 Å². The van der Waals surface area contributed by atoms with Gasteiger partial charge in [-0.05, 0) is 62.2 Å². The van der Waals surface area contributed by atoms with Gasteiger partial charge in [-0.2, -0.15) is 4.31 Å². The number of halogens is 1. The summed E-state index contributed by atoms with van der Waals surface area (Å²) >= 11 is 6.03. The summed E-state index contributed by atoms with van der Waals surface area (Å²) in [5, 5.41) is 23.8. The highest BCUT2D eigenvalue weighted by Gasteiger charge is 2.45. The van der Waals surface area contributed by atoms with Crippen molar-refractivity contribution in [3.05, 3.63) is 46.6 Å². The number of fused-ring (bicyclic) bond motifs is 1. The predicted molar refractivity (Wildman–Crippen MR) is 153 cm³/mol. The van der Waals surface area contributed by atoms with E-state index in [-0.39, 0.29) is 41.9 Å². The number of carbonyl (C=O) groups excluding carboxylic acids is 3. The Morgan fingerprint density at radius 3 is 2.45 bits per heavy atom. The van der Waals surface area contributed by atoms with Gasteiger partial charge in [-0.15, -0.1) is 9.85 Å². The largest absolute Gasteiger partial charge is 0.719 e. The van der Waals surface area contributed by atoms with Crippen LogP contribution in [0.15, 0.2) is 51.6 Å². The van der Waals surface area contributed by atoms with Crippen molar-refractivity contribution < 1.29 is 32.9 Å². The van der Waals surface area contributed by atoms with Gasteiger partial charge >= 0.3 is 5.96 Å². The standard InChI is InChI=1S/C25H33ClN8O7S/c1-15(2)31(11-9-29-25(28)34(39)30-38)23(36)16(3)32-10-8-21(24(32)37)33(14-22(27)35)42(40,41)20-7-5-17-12-19(26)6-4-18(17)13-20/h4-7,12-13,15-16,21,38H,8-11,14H2,1-3H3,(H2,27,35)(H2,28,29)/t16-,21-/m0/s1. The Morgan fingerprint density at radius 2 is 1.83 bits per heavy atom. The van der Waals surface area contributed by atoms with Crippen LogP contribution in [-0.4, -0.2) is 101 Å². The molecule has 42 heavy (non-hydrogen) atoms. The third kappa shape index (κ3) is 7.06. The molecule has 15 nitrogen and oxygen atoms in total. The zero-order valence-electron chi connectivity index (χ0n) is 23.3. The molecule has 2 aromatic carbocycles. The van der Waals surface area contributed by atoms with Crippen LogP contribution in [0.25, 0.3) is 10.8 Å². The molecule has 5 N–H and O–H groups in total. The van der Waals surface area contributed by atoms with E-state index in [1.165, 1.54) is 28.9 Å². The van der Waals surface area contributed by atoms with Crippen LogP contribution in [0.5, 0.6) is 0 Å². The zero-order chi connectivity index (χ0) is 31.4. The maximum atomic E-state index is 13.7. The molecule has 3 rings (SSSR count). The zero-order valence-corrected chi connectivity index (χ0v) is 24.8. The van der Waals surface area contributed by atoms with E-state index in [0.29, 0.717) is 15.8 Å². The summed E-state index contributed by atoms with van der Waals surface area (Å²) in [6.07, 6.45) is 0.0264. The Bertz CT molecular complexity index is 1530. The number of aliphatic imine (C=N–C) groups is 1. The minimum atomic E-state index is -4.37. The third-order valence-electron chi connectivity index (χ3n) is 6.87. The number of nitrogens with two attached hydrogens (primary N) is 2. The van der Waals surface area contributed by atoms with Gasteiger partial charge in [-0.1, -0.05) is 23.7 Å². The number of likely N-dealkylation sites (tertiary alicyclic amines) is 1. The molecule has 0 aliphatic carbocycles. The SMILES string of the molecule is CC(C)N(CCN=C(N)[N+]([O-])=NO)C(=O)[C@H](C)N1CC[C@H](N(CC(N)=O)S(=O)(=O)c2ccc3cc(Cl)ccc3c2)C1=O. The van der Waals surface area contributed by atoms with Crippen LogP contribution in [0.2, 0.25) is 5.02 Å². The Balaban J connectivity index is 1.84. The molecule has 0 spiro atoms. The molecule has 0 unspecified atom stereocenters. The summed E-state index contributed by atoms with van der Waals surface area (Å²) < 4.78 is 28.3. The fourth-order valence-corrected chi connectivity index (χ4v) is 6.51. The summed E-state index contributed by atoms with van der Waals surface area (Å²) in [7, 11) is -4.37. The molecule has 0 radical (unpaired) electrons. The molecule has 1 fully saturated rings. The molecule has 1 heterocycles. The molecular formula is C25H33ClN8O7S. The summed E-state index contributed by atoms with van der Waals surface area (Å²) in [5.41, 5.74) is 10.8.